The number of aromatic nitrogens is 5. The molecule has 1 N–H and O–H groups in total. The van der Waals surface area contributed by atoms with Crippen molar-refractivity contribution in [2.24, 2.45) is 5.92 Å². The number of hydrogen-bond acceptors (Lipinski definition) is 8. The van der Waals surface area contributed by atoms with Gasteiger partial charge in [0, 0.05) is 69.0 Å². The summed E-state index contributed by atoms with van der Waals surface area (Å²) in [6.45, 7) is 6.75. The van der Waals surface area contributed by atoms with Crippen LogP contribution in [-0.2, 0) is 4.74 Å². The second-order valence-electron chi connectivity index (χ2n) is 11.0. The number of hydrogen-bond donors (Lipinski definition) is 1. The summed E-state index contributed by atoms with van der Waals surface area (Å²) in [4.78, 5) is 22.1. The third-order valence-electron chi connectivity index (χ3n) is 8.50. The summed E-state index contributed by atoms with van der Waals surface area (Å²) in [6.07, 6.45) is 13.8. The van der Waals surface area contributed by atoms with E-state index in [1.165, 1.54) is 25.7 Å². The second kappa shape index (κ2) is 10.9. The highest BCUT2D eigenvalue weighted by atomic mass is 16.5. The molecule has 1 saturated carbocycles. The van der Waals surface area contributed by atoms with Crippen LogP contribution in [0.5, 0.6) is 0 Å². The zero-order valence-electron chi connectivity index (χ0n) is 22.4. The van der Waals surface area contributed by atoms with Gasteiger partial charge in [-0.1, -0.05) is 11.6 Å². The monoisotopic (exact) mass is 518 g/mol. The summed E-state index contributed by atoms with van der Waals surface area (Å²) in [6, 6.07) is 6.38. The van der Waals surface area contributed by atoms with Gasteiger partial charge in [-0.3, -0.25) is 14.3 Å². The van der Waals surface area contributed by atoms with Crippen molar-refractivity contribution in [3.63, 3.8) is 0 Å². The van der Waals surface area contributed by atoms with Crippen LogP contribution in [0.3, 0.4) is 0 Å². The van der Waals surface area contributed by atoms with E-state index in [0.717, 1.165) is 67.7 Å². The summed E-state index contributed by atoms with van der Waals surface area (Å²) in [5.41, 5.74) is 3.63. The lowest BCUT2D eigenvalue weighted by Crippen LogP contribution is -2.51. The van der Waals surface area contributed by atoms with Crippen LogP contribution in [0.25, 0.3) is 11.3 Å². The first-order chi connectivity index (χ1) is 18.6. The highest BCUT2D eigenvalue weighted by molar-refractivity contribution is 5.63. The molecule has 1 unspecified atom stereocenters. The average Bonchev–Trinajstić information content (AvgIpc) is 3.38. The van der Waals surface area contributed by atoms with Crippen LogP contribution >= 0.6 is 0 Å². The van der Waals surface area contributed by atoms with Gasteiger partial charge in [0.25, 0.3) is 5.56 Å². The van der Waals surface area contributed by atoms with E-state index in [2.05, 4.69) is 42.5 Å². The summed E-state index contributed by atoms with van der Waals surface area (Å²) < 4.78 is 8.82. The van der Waals surface area contributed by atoms with Crippen molar-refractivity contribution in [3.8, 4) is 11.3 Å². The molecule has 0 bridgehead atoms. The molecule has 0 amide bonds. The lowest BCUT2D eigenvalue weighted by atomic mass is 9.85. The zero-order valence-corrected chi connectivity index (χ0v) is 22.4. The lowest BCUT2D eigenvalue weighted by molar-refractivity contribution is 0.0787. The van der Waals surface area contributed by atoms with E-state index in [4.69, 9.17) is 4.74 Å². The number of pyridine rings is 2. The fourth-order valence-corrected chi connectivity index (χ4v) is 5.65. The van der Waals surface area contributed by atoms with Crippen LogP contribution in [-0.4, -0.2) is 76.5 Å². The van der Waals surface area contributed by atoms with Crippen LogP contribution in [0.15, 0.2) is 47.8 Å². The molecule has 0 aromatic carbocycles. The summed E-state index contributed by atoms with van der Waals surface area (Å²) in [5, 5.41) is 12.5. The first-order valence-electron chi connectivity index (χ1n) is 13.9. The van der Waals surface area contributed by atoms with Crippen molar-refractivity contribution in [3.05, 3.63) is 53.3 Å². The standard InChI is InChI=1S/C28H38N8O2/c1-20(36-19-27(31-32-36)22-11-25(15-29-14-22)34-17-26(18-34)38-2)35-10-8-24(12-28(35)37)33-9-4-7-23(16-33)30-13-21-5-3-6-21/h8,10-12,14-15,19-21,23,26,30H,3-7,9,13,16-18H2,1-2H3/t20?,23-/m1/s1. The van der Waals surface area contributed by atoms with E-state index in [9.17, 15) is 4.79 Å². The van der Waals surface area contributed by atoms with Crippen LogP contribution in [0.2, 0.25) is 0 Å². The molecule has 2 aliphatic heterocycles. The molecule has 10 nitrogen and oxygen atoms in total. The van der Waals surface area contributed by atoms with Gasteiger partial charge in [0.1, 0.15) is 11.9 Å². The minimum absolute atomic E-state index is 0.0363. The molecule has 3 aliphatic rings. The fourth-order valence-electron chi connectivity index (χ4n) is 5.65. The Kier molecular flexibility index (Phi) is 7.16. The van der Waals surface area contributed by atoms with Gasteiger partial charge in [-0.2, -0.15) is 0 Å². The number of nitrogens with zero attached hydrogens (tertiary/aromatic N) is 7. The predicted octanol–water partition coefficient (Wildman–Crippen LogP) is 2.76. The molecule has 3 aromatic heterocycles. The van der Waals surface area contributed by atoms with Gasteiger partial charge >= 0.3 is 0 Å². The van der Waals surface area contributed by atoms with E-state index in [1.54, 1.807) is 28.6 Å². The van der Waals surface area contributed by atoms with Crippen molar-refractivity contribution in [2.75, 3.05) is 49.6 Å². The maximum Gasteiger partial charge on any atom is 0.254 e. The Bertz CT molecular complexity index is 1300. The number of rotatable bonds is 9. The molecule has 3 fully saturated rings. The Balaban J connectivity index is 1.12. The van der Waals surface area contributed by atoms with E-state index < -0.39 is 0 Å². The summed E-state index contributed by atoms with van der Waals surface area (Å²) in [7, 11) is 1.74. The molecular weight excluding hydrogens is 480 g/mol. The molecule has 0 radical (unpaired) electrons. The average molecular weight is 519 g/mol. The molecular formula is C28H38N8O2. The molecule has 10 heteroatoms. The van der Waals surface area contributed by atoms with Gasteiger partial charge < -0.3 is 19.9 Å². The van der Waals surface area contributed by atoms with Gasteiger partial charge in [-0.05, 0) is 57.2 Å². The Morgan fingerprint density at radius 3 is 2.71 bits per heavy atom. The molecule has 202 valence electrons. The number of nitrogens with one attached hydrogen (secondary N) is 1. The number of ether oxygens (including phenoxy) is 1. The maximum absolute atomic E-state index is 13.2. The van der Waals surface area contributed by atoms with E-state index in [1.807, 2.05) is 25.5 Å². The largest absolute Gasteiger partial charge is 0.378 e. The number of anilines is 2. The van der Waals surface area contributed by atoms with E-state index in [0.29, 0.717) is 6.04 Å². The van der Waals surface area contributed by atoms with Gasteiger partial charge in [-0.15, -0.1) is 5.10 Å². The highest BCUT2D eigenvalue weighted by Crippen LogP contribution is 2.27. The molecule has 38 heavy (non-hydrogen) atoms. The summed E-state index contributed by atoms with van der Waals surface area (Å²) >= 11 is 0. The Labute approximate surface area is 223 Å². The van der Waals surface area contributed by atoms with E-state index in [-0.39, 0.29) is 17.8 Å². The lowest BCUT2D eigenvalue weighted by Gasteiger charge is -2.39. The van der Waals surface area contributed by atoms with Crippen molar-refractivity contribution in [1.82, 2.24) is 29.9 Å². The normalized spacial score (nSPS) is 21.3. The zero-order chi connectivity index (χ0) is 26.1. The highest BCUT2D eigenvalue weighted by Gasteiger charge is 2.27. The van der Waals surface area contributed by atoms with Gasteiger partial charge in [-0.25, -0.2) is 4.68 Å². The number of piperidine rings is 1. The van der Waals surface area contributed by atoms with Crippen LogP contribution in [0, 0.1) is 5.92 Å². The summed E-state index contributed by atoms with van der Waals surface area (Å²) in [5.74, 6) is 0.859. The molecule has 2 saturated heterocycles. The van der Waals surface area contributed by atoms with Gasteiger partial charge in [0.2, 0.25) is 0 Å². The molecule has 0 spiro atoms. The maximum atomic E-state index is 13.2. The molecule has 6 rings (SSSR count). The molecule has 3 aromatic rings. The van der Waals surface area contributed by atoms with Crippen molar-refractivity contribution >= 4 is 11.4 Å². The number of methoxy groups -OCH3 is 1. The molecule has 1 aliphatic carbocycles. The Morgan fingerprint density at radius 2 is 1.95 bits per heavy atom. The predicted molar refractivity (Wildman–Crippen MR) is 148 cm³/mol. The van der Waals surface area contributed by atoms with Crippen LogP contribution in [0.4, 0.5) is 11.4 Å². The Hall–Kier alpha value is -3.24. The van der Waals surface area contributed by atoms with Crippen LogP contribution in [0.1, 0.15) is 45.2 Å². The second-order valence-corrected chi connectivity index (χ2v) is 11.0. The quantitative estimate of drug-likeness (QED) is 0.462. The topological polar surface area (TPSA) is 93.3 Å². The minimum Gasteiger partial charge on any atom is -0.378 e. The van der Waals surface area contributed by atoms with Crippen LogP contribution < -0.4 is 20.7 Å². The van der Waals surface area contributed by atoms with Gasteiger partial charge in [0.15, 0.2) is 0 Å². The van der Waals surface area contributed by atoms with Crippen molar-refractivity contribution in [2.45, 2.75) is 57.3 Å². The van der Waals surface area contributed by atoms with Crippen molar-refractivity contribution in [1.29, 1.82) is 0 Å². The third-order valence-corrected chi connectivity index (χ3v) is 8.50. The minimum atomic E-state index is -0.301. The first-order valence-corrected chi connectivity index (χ1v) is 13.9. The fraction of sp³-hybridized carbons (Fsp3) is 0.571. The van der Waals surface area contributed by atoms with Crippen molar-refractivity contribution < 1.29 is 4.74 Å². The first kappa shape index (κ1) is 25.1. The van der Waals surface area contributed by atoms with E-state index >= 15 is 0 Å². The smallest absolute Gasteiger partial charge is 0.254 e. The van der Waals surface area contributed by atoms with Gasteiger partial charge in [0.05, 0.1) is 24.2 Å². The molecule has 5 heterocycles. The third kappa shape index (κ3) is 5.19. The Morgan fingerprint density at radius 1 is 1.08 bits per heavy atom. The SMILES string of the molecule is COC1CN(c2cncc(-c3cn(C(C)n4ccc(N5CCC[C@@H](NCC6CCC6)C5)cc4=O)nn3)c2)C1. The molecule has 2 atom stereocenters.